The molecule has 0 aliphatic carbocycles. The fourth-order valence-electron chi connectivity index (χ4n) is 3.18. The van der Waals surface area contributed by atoms with Crippen LogP contribution in [0.5, 0.6) is 5.75 Å². The second-order valence-corrected chi connectivity index (χ2v) is 8.72. The van der Waals surface area contributed by atoms with E-state index in [0.29, 0.717) is 22.4 Å². The number of rotatable bonds is 6. The highest BCUT2D eigenvalue weighted by Crippen LogP contribution is 2.34. The van der Waals surface area contributed by atoms with Crippen LogP contribution in [-0.4, -0.2) is 15.1 Å². The zero-order valence-electron chi connectivity index (χ0n) is 16.6. The smallest absolute Gasteiger partial charge is 0.266 e. The Labute approximate surface area is 186 Å². The fraction of sp³-hybridized carbons (Fsp3) is 0.120. The van der Waals surface area contributed by atoms with Gasteiger partial charge in [-0.15, -0.1) is 0 Å². The van der Waals surface area contributed by atoms with Crippen molar-refractivity contribution in [2.45, 2.75) is 20.1 Å². The summed E-state index contributed by atoms with van der Waals surface area (Å²) in [4.78, 5) is 15.2. The van der Waals surface area contributed by atoms with Crippen LogP contribution in [0.2, 0.25) is 0 Å². The molecule has 5 heteroatoms. The monoisotopic (exact) mass is 431 g/mol. The zero-order valence-corrected chi connectivity index (χ0v) is 18.2. The molecule has 0 saturated carbocycles. The van der Waals surface area contributed by atoms with Gasteiger partial charge in [0.05, 0.1) is 11.4 Å². The lowest BCUT2D eigenvalue weighted by molar-refractivity contribution is -0.122. The minimum Gasteiger partial charge on any atom is -0.489 e. The zero-order chi connectivity index (χ0) is 20.9. The van der Waals surface area contributed by atoms with Gasteiger partial charge in [0.2, 0.25) is 0 Å². The van der Waals surface area contributed by atoms with E-state index in [-0.39, 0.29) is 5.91 Å². The van der Waals surface area contributed by atoms with Gasteiger partial charge >= 0.3 is 0 Å². The molecule has 0 N–H and O–H groups in total. The van der Waals surface area contributed by atoms with Gasteiger partial charge in [-0.1, -0.05) is 90.7 Å². The number of thioether (sulfide) groups is 1. The summed E-state index contributed by atoms with van der Waals surface area (Å²) in [7, 11) is 0. The molecule has 1 saturated heterocycles. The highest BCUT2D eigenvalue weighted by molar-refractivity contribution is 8.26. The van der Waals surface area contributed by atoms with Gasteiger partial charge in [0, 0.05) is 0 Å². The normalized spacial score (nSPS) is 15.1. The predicted octanol–water partition coefficient (Wildman–Crippen LogP) is 5.98. The first-order valence-electron chi connectivity index (χ1n) is 9.67. The molecule has 1 aliphatic heterocycles. The molecule has 0 bridgehead atoms. The van der Waals surface area contributed by atoms with Gasteiger partial charge < -0.3 is 4.74 Å². The highest BCUT2D eigenvalue weighted by Gasteiger charge is 2.31. The molecule has 150 valence electrons. The second kappa shape index (κ2) is 9.28. The molecule has 4 rings (SSSR count). The van der Waals surface area contributed by atoms with Crippen LogP contribution in [0.1, 0.15) is 22.3 Å². The lowest BCUT2D eigenvalue weighted by atomic mass is 10.1. The minimum absolute atomic E-state index is 0.0555. The number of ether oxygens (including phenoxy) is 1. The number of nitrogens with zero attached hydrogens (tertiary/aromatic N) is 1. The van der Waals surface area contributed by atoms with Gasteiger partial charge in [-0.05, 0) is 47.4 Å². The van der Waals surface area contributed by atoms with E-state index in [0.717, 1.165) is 22.4 Å². The molecule has 1 amide bonds. The van der Waals surface area contributed by atoms with E-state index in [1.54, 1.807) is 4.90 Å². The number of carbonyl (C=O) groups is 1. The summed E-state index contributed by atoms with van der Waals surface area (Å²) in [5.41, 5.74) is 4.33. The van der Waals surface area contributed by atoms with Crippen molar-refractivity contribution in [3.05, 3.63) is 106 Å². The van der Waals surface area contributed by atoms with Crippen LogP contribution in [0.4, 0.5) is 0 Å². The maximum absolute atomic E-state index is 12.9. The number of thiocarbonyl (C=S) groups is 1. The van der Waals surface area contributed by atoms with Gasteiger partial charge in [0.1, 0.15) is 16.7 Å². The van der Waals surface area contributed by atoms with E-state index < -0.39 is 0 Å². The van der Waals surface area contributed by atoms with E-state index in [1.165, 1.54) is 17.3 Å². The molecule has 0 aromatic heterocycles. The molecule has 0 spiro atoms. The average molecular weight is 432 g/mol. The Morgan fingerprint density at radius 2 is 1.77 bits per heavy atom. The van der Waals surface area contributed by atoms with Gasteiger partial charge in [0.25, 0.3) is 5.91 Å². The van der Waals surface area contributed by atoms with Crippen molar-refractivity contribution >= 4 is 40.3 Å². The van der Waals surface area contributed by atoms with E-state index in [2.05, 4.69) is 19.1 Å². The van der Waals surface area contributed by atoms with E-state index in [4.69, 9.17) is 17.0 Å². The van der Waals surface area contributed by atoms with E-state index in [9.17, 15) is 4.79 Å². The Morgan fingerprint density at radius 3 is 2.57 bits per heavy atom. The van der Waals surface area contributed by atoms with Crippen LogP contribution < -0.4 is 4.74 Å². The number of carbonyl (C=O) groups excluding carboxylic acids is 1. The van der Waals surface area contributed by atoms with Crippen molar-refractivity contribution in [3.63, 3.8) is 0 Å². The Kier molecular flexibility index (Phi) is 6.31. The lowest BCUT2D eigenvalue weighted by Crippen LogP contribution is -2.27. The fourth-order valence-corrected chi connectivity index (χ4v) is 4.44. The van der Waals surface area contributed by atoms with Crippen LogP contribution in [0.3, 0.4) is 0 Å². The number of aryl methyl sites for hydroxylation is 1. The van der Waals surface area contributed by atoms with E-state index >= 15 is 0 Å². The number of amides is 1. The largest absolute Gasteiger partial charge is 0.489 e. The first kappa shape index (κ1) is 20.4. The van der Waals surface area contributed by atoms with Gasteiger partial charge in [-0.25, -0.2) is 0 Å². The van der Waals surface area contributed by atoms with E-state index in [1.807, 2.05) is 72.8 Å². The number of hydrogen-bond acceptors (Lipinski definition) is 4. The summed E-state index contributed by atoms with van der Waals surface area (Å²) in [6.45, 7) is 3.07. The van der Waals surface area contributed by atoms with Crippen molar-refractivity contribution in [3.8, 4) is 5.75 Å². The molecule has 3 aromatic rings. The maximum atomic E-state index is 12.9. The third kappa shape index (κ3) is 4.81. The summed E-state index contributed by atoms with van der Waals surface area (Å²) >= 11 is 6.79. The molecule has 1 fully saturated rings. The third-order valence-corrected chi connectivity index (χ3v) is 6.25. The van der Waals surface area contributed by atoms with Gasteiger partial charge in [-0.2, -0.15) is 0 Å². The summed E-state index contributed by atoms with van der Waals surface area (Å²) in [5, 5.41) is 0. The van der Waals surface area contributed by atoms with Crippen LogP contribution in [0.25, 0.3) is 6.08 Å². The van der Waals surface area contributed by atoms with Crippen molar-refractivity contribution in [2.75, 3.05) is 0 Å². The maximum Gasteiger partial charge on any atom is 0.266 e. The summed E-state index contributed by atoms with van der Waals surface area (Å²) in [5.74, 6) is 0.715. The minimum atomic E-state index is -0.0555. The topological polar surface area (TPSA) is 29.5 Å². The first-order chi connectivity index (χ1) is 14.6. The third-order valence-electron chi connectivity index (χ3n) is 4.87. The Balaban J connectivity index is 1.47. The van der Waals surface area contributed by atoms with Crippen LogP contribution in [0, 0.1) is 6.92 Å². The molecule has 1 heterocycles. The quantitative estimate of drug-likeness (QED) is 0.355. The molecular weight excluding hydrogens is 410 g/mol. The molecule has 3 nitrogen and oxygen atoms in total. The standard InChI is InChI=1S/C25H21NO2S2/c1-18-8-5-6-12-21(18)17-28-22-13-7-11-20(14-22)15-23-24(27)26(25(29)30-23)16-19-9-3-2-4-10-19/h2-15H,16-17H2,1H3. The Morgan fingerprint density at radius 1 is 1.00 bits per heavy atom. The van der Waals surface area contributed by atoms with Gasteiger partial charge in [0.15, 0.2) is 0 Å². The Bertz CT molecular complexity index is 1110. The molecule has 1 aliphatic rings. The summed E-state index contributed by atoms with van der Waals surface area (Å²) in [6.07, 6.45) is 1.88. The summed E-state index contributed by atoms with van der Waals surface area (Å²) in [6, 6.07) is 25.8. The summed E-state index contributed by atoms with van der Waals surface area (Å²) < 4.78 is 6.55. The van der Waals surface area contributed by atoms with Crippen molar-refractivity contribution < 1.29 is 9.53 Å². The van der Waals surface area contributed by atoms with Crippen molar-refractivity contribution in [1.29, 1.82) is 0 Å². The molecule has 30 heavy (non-hydrogen) atoms. The first-order valence-corrected chi connectivity index (χ1v) is 10.9. The van der Waals surface area contributed by atoms with Crippen LogP contribution in [-0.2, 0) is 17.9 Å². The Hall–Kier alpha value is -2.89. The predicted molar refractivity (Wildman–Crippen MR) is 127 cm³/mol. The van der Waals surface area contributed by atoms with Crippen molar-refractivity contribution in [2.24, 2.45) is 0 Å². The molecule has 3 aromatic carbocycles. The SMILES string of the molecule is Cc1ccccc1COc1cccc(C=C2SC(=S)N(Cc3ccccc3)C2=O)c1. The van der Waals surface area contributed by atoms with Crippen molar-refractivity contribution in [1.82, 2.24) is 4.90 Å². The average Bonchev–Trinajstić information content (AvgIpc) is 3.01. The van der Waals surface area contributed by atoms with Gasteiger partial charge in [-0.3, -0.25) is 9.69 Å². The van der Waals surface area contributed by atoms with Crippen LogP contribution >= 0.6 is 24.0 Å². The molecule has 0 unspecified atom stereocenters. The highest BCUT2D eigenvalue weighted by atomic mass is 32.2. The number of benzene rings is 3. The molecule has 0 radical (unpaired) electrons. The molecular formula is C25H21NO2S2. The number of hydrogen-bond donors (Lipinski definition) is 0. The second-order valence-electron chi connectivity index (χ2n) is 7.04. The van der Waals surface area contributed by atoms with Crippen LogP contribution in [0.15, 0.2) is 83.8 Å². The molecule has 0 atom stereocenters. The lowest BCUT2D eigenvalue weighted by Gasteiger charge is -2.14.